The van der Waals surface area contributed by atoms with Gasteiger partial charge in [0.25, 0.3) is 0 Å². The summed E-state index contributed by atoms with van der Waals surface area (Å²) in [4.78, 5) is 3.65. The van der Waals surface area contributed by atoms with E-state index in [-0.39, 0.29) is 17.6 Å². The van der Waals surface area contributed by atoms with Crippen LogP contribution in [-0.2, 0) is 0 Å². The zero-order valence-electron chi connectivity index (χ0n) is 10.8. The minimum Gasteiger partial charge on any atom is -0.508 e. The molecule has 0 atom stereocenters. The first-order chi connectivity index (χ1) is 10.5. The van der Waals surface area contributed by atoms with E-state index in [4.69, 9.17) is 4.42 Å². The Balaban J connectivity index is 2.10. The van der Waals surface area contributed by atoms with E-state index in [0.717, 1.165) is 6.20 Å². The van der Waals surface area contributed by atoms with Crippen molar-refractivity contribution in [2.24, 2.45) is 0 Å². The van der Waals surface area contributed by atoms with Gasteiger partial charge in [0.05, 0.1) is 6.20 Å². The number of hydrogen-bond acceptors (Lipinski definition) is 3. The van der Waals surface area contributed by atoms with Crippen molar-refractivity contribution in [3.63, 3.8) is 0 Å². The van der Waals surface area contributed by atoms with Gasteiger partial charge in [0, 0.05) is 11.6 Å². The lowest BCUT2D eigenvalue weighted by molar-refractivity contribution is 0.451. The van der Waals surface area contributed by atoms with Gasteiger partial charge in [0.1, 0.15) is 11.3 Å². The molecule has 0 amide bonds. The van der Waals surface area contributed by atoms with Gasteiger partial charge in [-0.2, -0.15) is 0 Å². The van der Waals surface area contributed by atoms with Gasteiger partial charge in [-0.15, -0.1) is 0 Å². The second kappa shape index (κ2) is 5.18. The van der Waals surface area contributed by atoms with Crippen molar-refractivity contribution in [2.75, 3.05) is 0 Å². The van der Waals surface area contributed by atoms with Crippen molar-refractivity contribution in [2.45, 2.75) is 0 Å². The highest BCUT2D eigenvalue weighted by atomic mass is 19.2. The molecule has 3 rings (SSSR count). The predicted octanol–water partition coefficient (Wildman–Crippen LogP) is 4.27. The largest absolute Gasteiger partial charge is 0.508 e. The number of aromatic hydroxyl groups is 1. The van der Waals surface area contributed by atoms with Crippen molar-refractivity contribution in [1.82, 2.24) is 4.98 Å². The second-order valence-corrected chi connectivity index (χ2v) is 4.42. The minimum absolute atomic E-state index is 0.0211. The van der Waals surface area contributed by atoms with E-state index in [9.17, 15) is 22.7 Å². The number of hydrogen-bond donors (Lipinski definition) is 1. The smallest absolute Gasteiger partial charge is 0.232 e. The lowest BCUT2D eigenvalue weighted by atomic mass is 10.2. The number of rotatable bonds is 2. The maximum atomic E-state index is 13.7. The third-order valence-corrected chi connectivity index (χ3v) is 2.98. The van der Waals surface area contributed by atoms with E-state index in [0.29, 0.717) is 5.56 Å². The van der Waals surface area contributed by atoms with Crippen LogP contribution >= 0.6 is 0 Å². The lowest BCUT2D eigenvalue weighted by Crippen LogP contribution is -1.98. The number of nitrogens with zero attached hydrogens (tertiary/aromatic N) is 1. The van der Waals surface area contributed by atoms with Gasteiger partial charge >= 0.3 is 0 Å². The number of aromatic nitrogens is 1. The van der Waals surface area contributed by atoms with E-state index in [1.54, 1.807) is 0 Å². The van der Waals surface area contributed by atoms with Crippen LogP contribution in [0.3, 0.4) is 0 Å². The average Bonchev–Trinajstić information content (AvgIpc) is 2.96. The van der Waals surface area contributed by atoms with Crippen LogP contribution in [0.4, 0.5) is 17.6 Å². The summed E-state index contributed by atoms with van der Waals surface area (Å²) in [5, 5.41) is 9.19. The third kappa shape index (κ3) is 2.30. The van der Waals surface area contributed by atoms with Crippen LogP contribution in [0.25, 0.3) is 22.8 Å². The molecule has 3 nitrogen and oxygen atoms in total. The van der Waals surface area contributed by atoms with Crippen molar-refractivity contribution in [3.05, 3.63) is 59.8 Å². The Morgan fingerprint density at radius 2 is 1.50 bits per heavy atom. The van der Waals surface area contributed by atoms with Gasteiger partial charge in [-0.1, -0.05) is 0 Å². The van der Waals surface area contributed by atoms with E-state index in [1.165, 1.54) is 24.3 Å². The van der Waals surface area contributed by atoms with Crippen molar-refractivity contribution >= 4 is 0 Å². The van der Waals surface area contributed by atoms with Crippen LogP contribution in [0, 0.1) is 23.3 Å². The van der Waals surface area contributed by atoms with E-state index < -0.39 is 34.7 Å². The molecule has 1 aromatic heterocycles. The van der Waals surface area contributed by atoms with Gasteiger partial charge in [0.15, 0.2) is 29.0 Å². The monoisotopic (exact) mass is 309 g/mol. The Morgan fingerprint density at radius 1 is 0.909 bits per heavy atom. The maximum absolute atomic E-state index is 13.7. The molecule has 3 aromatic rings. The number of phenolic OH excluding ortho intramolecular Hbond substituents is 1. The molecular weight excluding hydrogens is 302 g/mol. The number of halogens is 4. The van der Waals surface area contributed by atoms with Crippen LogP contribution in [0.15, 0.2) is 40.9 Å². The fraction of sp³-hybridized carbons (Fsp3) is 0. The summed E-state index contributed by atoms with van der Waals surface area (Å²) in [6.07, 6.45) is 1.16. The Kier molecular flexibility index (Phi) is 3.32. The normalized spacial score (nSPS) is 10.9. The molecule has 0 fully saturated rings. The SMILES string of the molecule is Oc1ccc(-c2cnc(-c3c(F)c(F)cc(F)c3F)o2)cc1. The maximum Gasteiger partial charge on any atom is 0.232 e. The Hall–Kier alpha value is -2.83. The van der Waals surface area contributed by atoms with E-state index in [2.05, 4.69) is 4.98 Å². The fourth-order valence-electron chi connectivity index (χ4n) is 1.91. The van der Waals surface area contributed by atoms with Crippen LogP contribution in [0.1, 0.15) is 0 Å². The number of phenols is 1. The Labute approximate surface area is 121 Å². The molecule has 0 spiro atoms. The zero-order valence-corrected chi connectivity index (χ0v) is 10.8. The summed E-state index contributed by atoms with van der Waals surface area (Å²) in [6.45, 7) is 0. The van der Waals surface area contributed by atoms with Gasteiger partial charge in [-0.05, 0) is 24.3 Å². The Morgan fingerprint density at radius 3 is 2.09 bits per heavy atom. The van der Waals surface area contributed by atoms with Crippen LogP contribution in [0.2, 0.25) is 0 Å². The highest BCUT2D eigenvalue weighted by Crippen LogP contribution is 2.32. The second-order valence-electron chi connectivity index (χ2n) is 4.42. The molecule has 0 aliphatic heterocycles. The third-order valence-electron chi connectivity index (χ3n) is 2.98. The molecule has 0 saturated carbocycles. The number of oxazole rings is 1. The standard InChI is InChI=1S/C15H7F4NO2/c16-9-5-10(17)14(19)12(13(9)18)15-20-6-11(22-15)7-1-3-8(21)4-2-7/h1-6,21H. The highest BCUT2D eigenvalue weighted by molar-refractivity contribution is 5.62. The summed E-state index contributed by atoms with van der Waals surface area (Å²) in [6, 6.07) is 5.83. The fourth-order valence-corrected chi connectivity index (χ4v) is 1.91. The highest BCUT2D eigenvalue weighted by Gasteiger charge is 2.24. The summed E-state index contributed by atoms with van der Waals surface area (Å²) in [5.41, 5.74) is -0.545. The van der Waals surface area contributed by atoms with Crippen molar-refractivity contribution in [1.29, 1.82) is 0 Å². The molecule has 7 heteroatoms. The van der Waals surface area contributed by atoms with Crippen LogP contribution in [-0.4, -0.2) is 10.1 Å². The van der Waals surface area contributed by atoms with Crippen molar-refractivity contribution in [3.8, 4) is 28.5 Å². The molecule has 112 valence electrons. The first kappa shape index (κ1) is 14.1. The summed E-state index contributed by atoms with van der Waals surface area (Å²) in [5.74, 6) is -6.70. The van der Waals surface area contributed by atoms with E-state index >= 15 is 0 Å². The molecule has 0 aliphatic carbocycles. The molecule has 0 saturated heterocycles. The van der Waals surface area contributed by atoms with Gasteiger partial charge in [-0.25, -0.2) is 22.5 Å². The van der Waals surface area contributed by atoms with Crippen LogP contribution in [0.5, 0.6) is 5.75 Å². The number of benzene rings is 2. The Bertz CT molecular complexity index is 817. The first-order valence-electron chi connectivity index (χ1n) is 6.06. The topological polar surface area (TPSA) is 46.3 Å². The van der Waals surface area contributed by atoms with Gasteiger partial charge in [-0.3, -0.25) is 0 Å². The van der Waals surface area contributed by atoms with Crippen LogP contribution < -0.4 is 0 Å². The van der Waals surface area contributed by atoms with E-state index in [1.807, 2.05) is 0 Å². The zero-order chi connectivity index (χ0) is 15.9. The molecular formula is C15H7F4NO2. The van der Waals surface area contributed by atoms with Gasteiger partial charge in [0.2, 0.25) is 5.89 Å². The first-order valence-corrected chi connectivity index (χ1v) is 6.06. The minimum atomic E-state index is -1.59. The van der Waals surface area contributed by atoms with Crippen molar-refractivity contribution < 1.29 is 27.1 Å². The molecule has 0 radical (unpaired) electrons. The molecule has 1 heterocycles. The lowest BCUT2D eigenvalue weighted by Gasteiger charge is -2.03. The molecule has 0 bridgehead atoms. The average molecular weight is 309 g/mol. The molecule has 2 aromatic carbocycles. The molecule has 0 unspecified atom stereocenters. The molecule has 1 N–H and O–H groups in total. The summed E-state index contributed by atoms with van der Waals surface area (Å²) >= 11 is 0. The molecule has 22 heavy (non-hydrogen) atoms. The predicted molar refractivity (Wildman–Crippen MR) is 68.9 cm³/mol. The quantitative estimate of drug-likeness (QED) is 0.568. The molecule has 0 aliphatic rings. The van der Waals surface area contributed by atoms with Gasteiger partial charge < -0.3 is 9.52 Å². The summed E-state index contributed by atoms with van der Waals surface area (Å²) < 4.78 is 58.9. The summed E-state index contributed by atoms with van der Waals surface area (Å²) in [7, 11) is 0.